The zero-order valence-corrected chi connectivity index (χ0v) is 21.7. The topological polar surface area (TPSA) is 67.9 Å². The minimum Gasteiger partial charge on any atom is -0.488 e. The second-order valence-corrected chi connectivity index (χ2v) is 11.8. The van der Waals surface area contributed by atoms with E-state index in [1.54, 1.807) is 7.05 Å². The van der Waals surface area contributed by atoms with Crippen molar-refractivity contribution in [3.05, 3.63) is 59.1 Å². The predicted octanol–water partition coefficient (Wildman–Crippen LogP) is 6.87. The molecule has 0 aliphatic carbocycles. The highest BCUT2D eigenvalue weighted by atomic mass is 35.5. The molecule has 2 heterocycles. The first kappa shape index (κ1) is 28.3. The fourth-order valence-electron chi connectivity index (χ4n) is 3.80. The van der Waals surface area contributed by atoms with Crippen LogP contribution >= 0.6 is 22.9 Å². The van der Waals surface area contributed by atoms with Gasteiger partial charge in [-0.2, -0.15) is 13.2 Å². The van der Waals surface area contributed by atoms with Crippen LogP contribution < -0.4 is 14.2 Å². The van der Waals surface area contributed by atoms with Gasteiger partial charge in [-0.15, -0.1) is 24.5 Å². The van der Waals surface area contributed by atoms with E-state index in [-0.39, 0.29) is 25.4 Å². The Kier molecular flexibility index (Phi) is 7.81. The Balaban J connectivity index is 1.60. The van der Waals surface area contributed by atoms with Crippen molar-refractivity contribution in [1.29, 1.82) is 0 Å². The summed E-state index contributed by atoms with van der Waals surface area (Å²) in [5.41, 5.74) is -1.04. The summed E-state index contributed by atoms with van der Waals surface area (Å²) in [5.74, 6) is -1.03. The number of hydrogen-bond acceptors (Lipinski definition) is 6. The Labute approximate surface area is 222 Å². The normalized spacial score (nSPS) is 17.0. The van der Waals surface area contributed by atoms with Gasteiger partial charge in [0.05, 0.1) is 21.2 Å². The summed E-state index contributed by atoms with van der Waals surface area (Å²) < 4.78 is 116. The number of anilines is 1. The maximum atomic E-state index is 13.5. The molecule has 15 heteroatoms. The van der Waals surface area contributed by atoms with Crippen molar-refractivity contribution in [2.75, 3.05) is 24.9 Å². The molecular weight excluding hydrogens is 582 g/mol. The summed E-state index contributed by atoms with van der Waals surface area (Å²) in [7, 11) is -2.53. The first-order valence-electron chi connectivity index (χ1n) is 10.9. The number of halogens is 7. The number of rotatable bonds is 7. The van der Waals surface area contributed by atoms with Crippen molar-refractivity contribution in [3.63, 3.8) is 0 Å². The maximum absolute atomic E-state index is 13.5. The molecule has 0 radical (unpaired) electrons. The number of hydrogen-bond donors (Lipinski definition) is 1. The lowest BCUT2D eigenvalue weighted by Gasteiger charge is -2.19. The molecule has 38 heavy (non-hydrogen) atoms. The summed E-state index contributed by atoms with van der Waals surface area (Å²) in [5, 5.41) is -0.0543. The molecule has 1 aliphatic heterocycles. The number of ether oxygens (including phenoxy) is 2. The molecule has 0 bridgehead atoms. The van der Waals surface area contributed by atoms with Crippen LogP contribution in [0, 0.1) is 0 Å². The van der Waals surface area contributed by atoms with Crippen molar-refractivity contribution in [3.8, 4) is 21.9 Å². The van der Waals surface area contributed by atoms with Crippen LogP contribution in [-0.2, 0) is 16.2 Å². The van der Waals surface area contributed by atoms with Gasteiger partial charge in [-0.25, -0.2) is 8.42 Å². The summed E-state index contributed by atoms with van der Waals surface area (Å²) >= 11 is 6.85. The number of sulfonamides is 1. The molecule has 2 aromatic carbocycles. The molecule has 1 aliphatic rings. The van der Waals surface area contributed by atoms with E-state index in [1.165, 1.54) is 12.1 Å². The molecule has 6 nitrogen and oxygen atoms in total. The van der Waals surface area contributed by atoms with Crippen LogP contribution in [0.2, 0.25) is 5.02 Å². The van der Waals surface area contributed by atoms with Crippen LogP contribution in [0.5, 0.6) is 11.5 Å². The minimum atomic E-state index is -4.92. The van der Waals surface area contributed by atoms with Gasteiger partial charge >= 0.3 is 12.5 Å². The molecule has 0 amide bonds. The van der Waals surface area contributed by atoms with E-state index in [4.69, 9.17) is 16.3 Å². The van der Waals surface area contributed by atoms with Crippen LogP contribution in [0.1, 0.15) is 12.0 Å². The van der Waals surface area contributed by atoms with Crippen molar-refractivity contribution >= 4 is 38.6 Å². The van der Waals surface area contributed by atoms with Crippen LogP contribution in [-0.4, -0.2) is 45.9 Å². The van der Waals surface area contributed by atoms with Crippen molar-refractivity contribution in [1.82, 2.24) is 4.90 Å². The Morgan fingerprint density at radius 2 is 1.82 bits per heavy atom. The number of nitrogens with one attached hydrogen (secondary N) is 1. The Morgan fingerprint density at radius 3 is 2.45 bits per heavy atom. The highest BCUT2D eigenvalue weighted by molar-refractivity contribution is 7.94. The molecule has 1 atom stereocenters. The van der Waals surface area contributed by atoms with Crippen molar-refractivity contribution in [2.24, 2.45) is 0 Å². The molecule has 1 fully saturated rings. The molecule has 3 aromatic rings. The number of alkyl halides is 6. The van der Waals surface area contributed by atoms with E-state index in [1.807, 2.05) is 4.90 Å². The van der Waals surface area contributed by atoms with E-state index in [9.17, 15) is 34.8 Å². The second-order valence-electron chi connectivity index (χ2n) is 8.42. The first-order valence-corrected chi connectivity index (χ1v) is 13.5. The molecule has 1 saturated heterocycles. The van der Waals surface area contributed by atoms with Gasteiger partial charge in [-0.1, -0.05) is 23.7 Å². The predicted molar refractivity (Wildman–Crippen MR) is 130 cm³/mol. The molecule has 206 valence electrons. The summed E-state index contributed by atoms with van der Waals surface area (Å²) in [6.45, 7) is 1.06. The van der Waals surface area contributed by atoms with Crippen LogP contribution in [0.3, 0.4) is 0 Å². The molecular formula is C23H19ClF6N2O4S2. The largest absolute Gasteiger partial charge is 0.573 e. The molecule has 0 spiro atoms. The molecule has 0 saturated carbocycles. The van der Waals surface area contributed by atoms with Gasteiger partial charge in [0.2, 0.25) is 0 Å². The highest BCUT2D eigenvalue weighted by Crippen LogP contribution is 2.42. The number of nitrogens with zero attached hydrogens (tertiary/aromatic N) is 1. The van der Waals surface area contributed by atoms with Crippen molar-refractivity contribution in [2.45, 2.75) is 29.3 Å². The van der Waals surface area contributed by atoms with Gasteiger partial charge in [0.15, 0.2) is 0 Å². The van der Waals surface area contributed by atoms with E-state index in [0.717, 1.165) is 36.4 Å². The quantitative estimate of drug-likeness (QED) is 0.300. The Bertz CT molecular complexity index is 1430. The smallest absolute Gasteiger partial charge is 0.488 e. The number of thiophene rings is 1. The van der Waals surface area contributed by atoms with Gasteiger partial charge in [0.25, 0.3) is 10.0 Å². The van der Waals surface area contributed by atoms with E-state index < -0.39 is 45.7 Å². The lowest BCUT2D eigenvalue weighted by molar-refractivity contribution is -0.274. The summed E-state index contributed by atoms with van der Waals surface area (Å²) in [6, 6.07) is 8.58. The summed E-state index contributed by atoms with van der Waals surface area (Å²) in [6.07, 6.45) is -9.63. The zero-order chi connectivity index (χ0) is 27.9. The fraction of sp³-hybridized carbons (Fsp3) is 0.304. The molecule has 0 unspecified atom stereocenters. The first-order chi connectivity index (χ1) is 17.6. The minimum absolute atomic E-state index is 0.0543. The molecule has 4 rings (SSSR count). The van der Waals surface area contributed by atoms with Gasteiger partial charge in [0.1, 0.15) is 21.8 Å². The third kappa shape index (κ3) is 6.84. The van der Waals surface area contributed by atoms with Crippen LogP contribution in [0.25, 0.3) is 10.4 Å². The number of likely N-dealkylation sites (N-methyl/N-ethyl adjacent to an activating group) is 1. The molecule has 1 N–H and O–H groups in total. The van der Waals surface area contributed by atoms with Crippen LogP contribution in [0.15, 0.2) is 52.7 Å². The van der Waals surface area contributed by atoms with E-state index in [0.29, 0.717) is 30.8 Å². The third-order valence-corrected chi connectivity index (χ3v) is 8.89. The van der Waals surface area contributed by atoms with Gasteiger partial charge < -0.3 is 14.4 Å². The van der Waals surface area contributed by atoms with E-state index in [2.05, 4.69) is 9.46 Å². The second kappa shape index (κ2) is 10.5. The van der Waals surface area contributed by atoms with Gasteiger partial charge in [-0.3, -0.25) is 4.72 Å². The average molecular weight is 601 g/mol. The molecule has 1 aromatic heterocycles. The lowest BCUT2D eigenvalue weighted by Crippen LogP contribution is -2.23. The number of likely N-dealkylation sites (tertiary alicyclic amines) is 1. The standard InChI is InChI=1S/C23H19ClF6N2O4S2/c1-32-8-7-16(12-32)35-19-10-14(5-6-17(19)22(25,26)27)31-38(33,34)20-11-18(24)21(37-20)13-3-2-4-15(9-13)36-23(28,29)30/h2-6,9-11,16,31H,7-8,12H2,1H3/t16-/m1/s1. The number of benzene rings is 2. The fourth-order valence-corrected chi connectivity index (χ4v) is 6.67. The zero-order valence-electron chi connectivity index (χ0n) is 19.4. The Morgan fingerprint density at radius 1 is 1.08 bits per heavy atom. The van der Waals surface area contributed by atoms with Crippen molar-refractivity contribution < 1.29 is 44.2 Å². The SMILES string of the molecule is CN1CC[C@@H](Oc2cc(NS(=O)(=O)c3cc(Cl)c(-c4cccc(OC(F)(F)F)c4)s3)ccc2C(F)(F)F)C1. The van der Waals surface area contributed by atoms with Crippen LogP contribution in [0.4, 0.5) is 32.0 Å². The maximum Gasteiger partial charge on any atom is 0.573 e. The average Bonchev–Trinajstić information content (AvgIpc) is 3.37. The third-order valence-electron chi connectivity index (χ3n) is 5.44. The Hall–Kier alpha value is -2.68. The monoisotopic (exact) mass is 600 g/mol. The summed E-state index contributed by atoms with van der Waals surface area (Å²) in [4.78, 5) is 2.05. The van der Waals surface area contributed by atoms with Gasteiger partial charge in [-0.05, 0) is 49.4 Å². The van der Waals surface area contributed by atoms with Gasteiger partial charge in [0, 0.05) is 19.2 Å². The highest BCUT2D eigenvalue weighted by Gasteiger charge is 2.36. The van der Waals surface area contributed by atoms with E-state index >= 15 is 0 Å². The lowest BCUT2D eigenvalue weighted by atomic mass is 10.1.